The molecule has 2 heterocycles. The van der Waals surface area contributed by atoms with Crippen molar-refractivity contribution in [3.63, 3.8) is 0 Å². The van der Waals surface area contributed by atoms with Gasteiger partial charge in [0.25, 0.3) is 0 Å². The first-order chi connectivity index (χ1) is 10.9. The monoisotopic (exact) mass is 324 g/mol. The zero-order valence-corrected chi connectivity index (χ0v) is 12.8. The molecule has 3 rings (SSSR count). The maximum atomic E-state index is 13.1. The molecule has 1 aromatic heterocycles. The van der Waals surface area contributed by atoms with Crippen molar-refractivity contribution in [2.75, 3.05) is 18.0 Å². The second-order valence-corrected chi connectivity index (χ2v) is 5.81. The van der Waals surface area contributed by atoms with Gasteiger partial charge >= 0.3 is 6.18 Å². The number of halogens is 3. The summed E-state index contributed by atoms with van der Waals surface area (Å²) in [7, 11) is 1.86. The molecule has 1 aromatic carbocycles. The summed E-state index contributed by atoms with van der Waals surface area (Å²) in [6, 6.07) is 7.86. The molecule has 0 unspecified atom stereocenters. The van der Waals surface area contributed by atoms with Gasteiger partial charge in [-0.3, -0.25) is 4.68 Å². The van der Waals surface area contributed by atoms with Crippen LogP contribution in [-0.2, 0) is 19.8 Å². The van der Waals surface area contributed by atoms with Gasteiger partial charge in [0.05, 0.1) is 11.3 Å². The van der Waals surface area contributed by atoms with E-state index < -0.39 is 11.7 Å². The smallest absolute Gasteiger partial charge is 0.369 e. The van der Waals surface area contributed by atoms with E-state index in [0.717, 1.165) is 18.2 Å². The third-order valence-corrected chi connectivity index (χ3v) is 4.08. The molecule has 1 saturated heterocycles. The molecule has 0 amide bonds. The number of nitrogens with zero attached hydrogens (tertiary/aromatic N) is 3. The highest BCUT2D eigenvalue weighted by Crippen LogP contribution is 2.37. The third kappa shape index (κ3) is 3.67. The molecule has 0 spiro atoms. The van der Waals surface area contributed by atoms with Crippen LogP contribution in [0.15, 0.2) is 36.5 Å². The summed E-state index contributed by atoms with van der Waals surface area (Å²) < 4.78 is 41.1. The fraction of sp³-hybridized carbons (Fsp3) is 0.438. The van der Waals surface area contributed by atoms with Gasteiger partial charge in [-0.25, -0.2) is 0 Å². The number of alkyl halides is 3. The third-order valence-electron chi connectivity index (χ3n) is 4.08. The highest BCUT2D eigenvalue weighted by molar-refractivity contribution is 5.55. The Bertz CT molecular complexity index is 665. The van der Waals surface area contributed by atoms with Gasteiger partial charge in [-0.05, 0) is 24.6 Å². The lowest BCUT2D eigenvalue weighted by Crippen LogP contribution is -2.32. The molecule has 0 bridgehead atoms. The van der Waals surface area contributed by atoms with Crippen LogP contribution >= 0.6 is 0 Å². The molecule has 4 nitrogen and oxygen atoms in total. The average Bonchev–Trinajstić information content (AvgIpc) is 3.13. The molecule has 0 saturated carbocycles. The largest absolute Gasteiger partial charge is 0.418 e. The van der Waals surface area contributed by atoms with Crippen LogP contribution < -0.4 is 10.2 Å². The van der Waals surface area contributed by atoms with Crippen LogP contribution in [0.3, 0.4) is 0 Å². The zero-order valence-electron chi connectivity index (χ0n) is 12.8. The number of para-hydroxylation sites is 1. The molecular formula is C16H19F3N4. The number of hydrogen-bond donors (Lipinski definition) is 1. The van der Waals surface area contributed by atoms with Gasteiger partial charge in [0.2, 0.25) is 0 Å². The normalized spacial score (nSPS) is 18.6. The Morgan fingerprint density at radius 2 is 2.04 bits per heavy atom. The van der Waals surface area contributed by atoms with Crippen LogP contribution in [0.25, 0.3) is 0 Å². The summed E-state index contributed by atoms with van der Waals surface area (Å²) in [5.74, 6) is 0. The van der Waals surface area contributed by atoms with Gasteiger partial charge in [0, 0.05) is 44.6 Å². The molecule has 1 fully saturated rings. The molecule has 1 atom stereocenters. The van der Waals surface area contributed by atoms with Crippen molar-refractivity contribution < 1.29 is 13.2 Å². The van der Waals surface area contributed by atoms with E-state index in [-0.39, 0.29) is 11.7 Å². The second-order valence-electron chi connectivity index (χ2n) is 5.81. The van der Waals surface area contributed by atoms with Crippen molar-refractivity contribution in [1.29, 1.82) is 0 Å². The molecular weight excluding hydrogens is 305 g/mol. The summed E-state index contributed by atoms with van der Waals surface area (Å²) in [6.07, 6.45) is -1.63. The van der Waals surface area contributed by atoms with Crippen molar-refractivity contribution in [2.45, 2.75) is 25.2 Å². The van der Waals surface area contributed by atoms with Gasteiger partial charge in [-0.15, -0.1) is 0 Å². The van der Waals surface area contributed by atoms with Crippen LogP contribution in [0.1, 0.15) is 17.7 Å². The van der Waals surface area contributed by atoms with Crippen LogP contribution in [0.5, 0.6) is 0 Å². The zero-order chi connectivity index (χ0) is 16.4. The first kappa shape index (κ1) is 15.9. The average molecular weight is 324 g/mol. The molecule has 124 valence electrons. The van der Waals surface area contributed by atoms with E-state index >= 15 is 0 Å². The Hall–Kier alpha value is -2.02. The van der Waals surface area contributed by atoms with Crippen LogP contribution in [0.4, 0.5) is 18.9 Å². The lowest BCUT2D eigenvalue weighted by molar-refractivity contribution is -0.137. The van der Waals surface area contributed by atoms with E-state index in [1.807, 2.05) is 19.3 Å². The van der Waals surface area contributed by atoms with Gasteiger partial charge in [0.1, 0.15) is 0 Å². The molecule has 0 radical (unpaired) electrons. The predicted molar refractivity (Wildman–Crippen MR) is 82.1 cm³/mol. The fourth-order valence-electron chi connectivity index (χ4n) is 2.94. The summed E-state index contributed by atoms with van der Waals surface area (Å²) in [6.45, 7) is 1.81. The van der Waals surface area contributed by atoms with Crippen LogP contribution in [0.2, 0.25) is 0 Å². The maximum Gasteiger partial charge on any atom is 0.418 e. The molecule has 7 heteroatoms. The molecule has 2 aromatic rings. The summed E-state index contributed by atoms with van der Waals surface area (Å²) in [5, 5.41) is 7.66. The molecule has 1 aliphatic rings. The van der Waals surface area contributed by atoms with Gasteiger partial charge in [0.15, 0.2) is 0 Å². The lowest BCUT2D eigenvalue weighted by atomic mass is 10.1. The van der Waals surface area contributed by atoms with Crippen molar-refractivity contribution >= 4 is 5.69 Å². The Labute approximate surface area is 132 Å². The van der Waals surface area contributed by atoms with Crippen molar-refractivity contribution in [3.8, 4) is 0 Å². The molecule has 23 heavy (non-hydrogen) atoms. The number of benzene rings is 1. The molecule has 0 aliphatic carbocycles. The Morgan fingerprint density at radius 1 is 1.26 bits per heavy atom. The highest BCUT2D eigenvalue weighted by atomic mass is 19.4. The van der Waals surface area contributed by atoms with Crippen LogP contribution in [0, 0.1) is 0 Å². The number of hydrogen-bond acceptors (Lipinski definition) is 3. The van der Waals surface area contributed by atoms with E-state index in [1.54, 1.807) is 21.7 Å². The summed E-state index contributed by atoms with van der Waals surface area (Å²) >= 11 is 0. The Kier molecular flexibility index (Phi) is 4.30. The lowest BCUT2D eigenvalue weighted by Gasteiger charge is -2.23. The maximum absolute atomic E-state index is 13.1. The Balaban J connectivity index is 1.64. The minimum Gasteiger partial charge on any atom is -0.369 e. The highest BCUT2D eigenvalue weighted by Gasteiger charge is 2.36. The topological polar surface area (TPSA) is 33.1 Å². The van der Waals surface area contributed by atoms with E-state index in [1.165, 1.54) is 6.07 Å². The second kappa shape index (κ2) is 6.23. The quantitative estimate of drug-likeness (QED) is 0.939. The van der Waals surface area contributed by atoms with Gasteiger partial charge in [-0.2, -0.15) is 18.3 Å². The van der Waals surface area contributed by atoms with Crippen molar-refractivity contribution in [1.82, 2.24) is 15.1 Å². The van der Waals surface area contributed by atoms with E-state index in [0.29, 0.717) is 19.6 Å². The van der Waals surface area contributed by atoms with Crippen molar-refractivity contribution in [2.24, 2.45) is 7.05 Å². The first-order valence-corrected chi connectivity index (χ1v) is 7.56. The van der Waals surface area contributed by atoms with Gasteiger partial charge < -0.3 is 10.2 Å². The molecule has 1 N–H and O–H groups in total. The van der Waals surface area contributed by atoms with Crippen molar-refractivity contribution in [3.05, 3.63) is 47.8 Å². The van der Waals surface area contributed by atoms with E-state index in [4.69, 9.17) is 0 Å². The minimum atomic E-state index is -4.32. The van der Waals surface area contributed by atoms with E-state index in [9.17, 15) is 13.2 Å². The number of aryl methyl sites for hydroxylation is 1. The number of rotatable bonds is 4. The SMILES string of the molecule is Cn1ccc(CN[C@@H]2CCN(c3ccccc3C(F)(F)F)C2)n1. The predicted octanol–water partition coefficient (Wildman–Crippen LogP) is 2.81. The molecule has 1 aliphatic heterocycles. The standard InChI is InChI=1S/C16H19F3N4/c1-22-8-6-12(21-22)10-20-13-7-9-23(11-13)15-5-3-2-4-14(15)16(17,18)19/h2-6,8,13,20H,7,9-11H2,1H3/t13-/m1/s1. The van der Waals surface area contributed by atoms with Crippen LogP contribution in [-0.4, -0.2) is 28.9 Å². The van der Waals surface area contributed by atoms with Gasteiger partial charge in [-0.1, -0.05) is 12.1 Å². The number of aromatic nitrogens is 2. The summed E-state index contributed by atoms with van der Waals surface area (Å²) in [4.78, 5) is 1.80. The minimum absolute atomic E-state index is 0.165. The summed E-state index contributed by atoms with van der Waals surface area (Å²) in [5.41, 5.74) is 0.633. The number of nitrogens with one attached hydrogen (secondary N) is 1. The fourth-order valence-corrected chi connectivity index (χ4v) is 2.94. The van der Waals surface area contributed by atoms with E-state index in [2.05, 4.69) is 10.4 Å². The number of anilines is 1. The Morgan fingerprint density at radius 3 is 2.74 bits per heavy atom. The first-order valence-electron chi connectivity index (χ1n) is 7.56.